The Morgan fingerprint density at radius 2 is 2.27 bits per heavy atom. The molecule has 1 aromatic heterocycles. The number of aromatic nitrogens is 2. The van der Waals surface area contributed by atoms with Crippen LogP contribution in [0.25, 0.3) is 0 Å². The predicted octanol–water partition coefficient (Wildman–Crippen LogP) is -0.960. The van der Waals surface area contributed by atoms with E-state index < -0.39 is 0 Å². The Balaban J connectivity index is 2.65. The molecule has 11 heavy (non-hydrogen) atoms. The molecule has 0 fully saturated rings. The maximum Gasteiger partial charge on any atom is 0.236 e. The quantitative estimate of drug-likeness (QED) is 0.467. The zero-order valence-corrected chi connectivity index (χ0v) is 5.78. The summed E-state index contributed by atoms with van der Waals surface area (Å²) in [7, 11) is 3.74. The molecule has 56 valence electrons. The highest BCUT2D eigenvalue weighted by molar-refractivity contribution is 5.76. The molecule has 5 heteroatoms. The van der Waals surface area contributed by atoms with Gasteiger partial charge in [-0.05, 0) is 0 Å². The number of aliphatic imine (C=N–C) groups is 1. The average Bonchev–Trinajstić information content (AvgIpc) is 2.35. The minimum absolute atomic E-state index is 0.407. The molecule has 1 aromatic rings. The van der Waals surface area contributed by atoms with E-state index in [1.165, 1.54) is 6.33 Å². The number of anilines is 1. The highest BCUT2D eigenvalue weighted by Gasteiger charge is 2.17. The van der Waals surface area contributed by atoms with E-state index in [1.54, 1.807) is 6.34 Å². The molecule has 1 unspecified atom stereocenters. The molecule has 0 amide bonds. The van der Waals surface area contributed by atoms with Crippen LogP contribution in [-0.4, -0.2) is 16.3 Å². The Morgan fingerprint density at radius 3 is 3.00 bits per heavy atom. The van der Waals surface area contributed by atoms with E-state index in [0.717, 1.165) is 10.7 Å². The van der Waals surface area contributed by atoms with Gasteiger partial charge in [0.2, 0.25) is 5.82 Å². The summed E-state index contributed by atoms with van der Waals surface area (Å²) >= 11 is 0. The fraction of sp³-hybridized carbons (Fsp3) is 0. The van der Waals surface area contributed by atoms with Gasteiger partial charge in [-0.2, -0.15) is 9.98 Å². The molecule has 3 N–H and O–H groups in total. The minimum Gasteiger partial charge on any atom is -0.382 e. The SMILES string of the molecule is [CH2-][NH+]1C=Nc2c(N)ncnc21. The van der Waals surface area contributed by atoms with Gasteiger partial charge in [0.15, 0.2) is 17.8 Å². The van der Waals surface area contributed by atoms with Gasteiger partial charge in [0, 0.05) is 0 Å². The Labute approximate surface area is 63.6 Å². The van der Waals surface area contributed by atoms with Gasteiger partial charge < -0.3 is 10.6 Å². The first-order chi connectivity index (χ1) is 5.29. The van der Waals surface area contributed by atoms with Crippen molar-refractivity contribution in [3.8, 4) is 0 Å². The molecule has 0 spiro atoms. The minimum atomic E-state index is 0.407. The van der Waals surface area contributed by atoms with Crippen molar-refractivity contribution in [3.63, 3.8) is 0 Å². The summed E-state index contributed by atoms with van der Waals surface area (Å²) in [5.74, 6) is 1.14. The van der Waals surface area contributed by atoms with Crippen molar-refractivity contribution in [1.29, 1.82) is 0 Å². The number of rotatable bonds is 0. The molecule has 0 saturated carbocycles. The smallest absolute Gasteiger partial charge is 0.236 e. The second kappa shape index (κ2) is 2.00. The lowest BCUT2D eigenvalue weighted by Gasteiger charge is -2.06. The molecule has 0 aliphatic carbocycles. The van der Waals surface area contributed by atoms with Crippen molar-refractivity contribution in [3.05, 3.63) is 13.4 Å². The fourth-order valence-electron chi connectivity index (χ4n) is 0.958. The number of nitrogens with zero attached hydrogens (tertiary/aromatic N) is 3. The van der Waals surface area contributed by atoms with Crippen LogP contribution in [0.2, 0.25) is 0 Å². The van der Waals surface area contributed by atoms with E-state index in [1.807, 2.05) is 0 Å². The first-order valence-corrected chi connectivity index (χ1v) is 3.13. The van der Waals surface area contributed by atoms with Crippen LogP contribution in [0.5, 0.6) is 0 Å². The number of quaternary nitrogens is 1. The molecule has 2 rings (SSSR count). The van der Waals surface area contributed by atoms with Gasteiger partial charge in [0.05, 0.1) is 0 Å². The standard InChI is InChI=1S/C6H7N5/c1-11-3-10-4-5(7)8-2-9-6(4)11/h2-3,11H,1H2,(H2,7,8,9). The Bertz CT molecular complexity index is 319. The van der Waals surface area contributed by atoms with E-state index in [9.17, 15) is 0 Å². The summed E-state index contributed by atoms with van der Waals surface area (Å²) in [5.41, 5.74) is 6.16. The third kappa shape index (κ3) is 0.779. The molecule has 0 radical (unpaired) electrons. The van der Waals surface area contributed by atoms with E-state index >= 15 is 0 Å². The lowest BCUT2D eigenvalue weighted by Crippen LogP contribution is -2.99. The molecular formula is C6H7N5. The predicted molar refractivity (Wildman–Crippen MR) is 40.6 cm³/mol. The summed E-state index contributed by atoms with van der Waals surface area (Å²) in [6.07, 6.45) is 3.05. The van der Waals surface area contributed by atoms with E-state index in [4.69, 9.17) is 5.73 Å². The van der Waals surface area contributed by atoms with Gasteiger partial charge in [0.1, 0.15) is 6.33 Å². The van der Waals surface area contributed by atoms with Gasteiger partial charge in [-0.15, -0.1) is 7.05 Å². The monoisotopic (exact) mass is 149 g/mol. The van der Waals surface area contributed by atoms with Crippen molar-refractivity contribution in [2.75, 3.05) is 5.73 Å². The van der Waals surface area contributed by atoms with Gasteiger partial charge in [-0.1, -0.05) is 0 Å². The Hall–Kier alpha value is -1.49. The van der Waals surface area contributed by atoms with E-state index in [2.05, 4.69) is 22.0 Å². The van der Waals surface area contributed by atoms with Crippen LogP contribution in [0.3, 0.4) is 0 Å². The number of nitrogen functional groups attached to an aromatic ring is 1. The zero-order chi connectivity index (χ0) is 7.84. The van der Waals surface area contributed by atoms with Gasteiger partial charge in [-0.25, -0.2) is 4.98 Å². The third-order valence-corrected chi connectivity index (χ3v) is 1.50. The Morgan fingerprint density at radius 1 is 1.45 bits per heavy atom. The highest BCUT2D eigenvalue weighted by Crippen LogP contribution is 2.25. The second-order valence-electron chi connectivity index (χ2n) is 2.24. The first-order valence-electron chi connectivity index (χ1n) is 3.13. The molecule has 1 aliphatic rings. The number of hydrogen-bond acceptors (Lipinski definition) is 4. The van der Waals surface area contributed by atoms with E-state index in [-0.39, 0.29) is 0 Å². The zero-order valence-electron chi connectivity index (χ0n) is 5.78. The van der Waals surface area contributed by atoms with Crippen LogP contribution < -0.4 is 10.6 Å². The van der Waals surface area contributed by atoms with Gasteiger partial charge >= 0.3 is 0 Å². The van der Waals surface area contributed by atoms with Crippen molar-refractivity contribution >= 4 is 23.7 Å². The van der Waals surface area contributed by atoms with Crippen LogP contribution in [0.1, 0.15) is 0 Å². The summed E-state index contributed by atoms with van der Waals surface area (Å²) in [5, 5.41) is 0. The van der Waals surface area contributed by atoms with Crippen LogP contribution >= 0.6 is 0 Å². The normalized spacial score (nSPS) is 20.3. The van der Waals surface area contributed by atoms with Crippen LogP contribution in [0.15, 0.2) is 11.3 Å². The van der Waals surface area contributed by atoms with Gasteiger partial charge in [-0.3, -0.25) is 0 Å². The largest absolute Gasteiger partial charge is 0.382 e. The molecule has 0 aromatic carbocycles. The molecule has 1 aliphatic heterocycles. The van der Waals surface area contributed by atoms with Crippen molar-refractivity contribution in [2.45, 2.75) is 0 Å². The first kappa shape index (κ1) is 6.23. The van der Waals surface area contributed by atoms with Crippen molar-refractivity contribution in [1.82, 2.24) is 9.97 Å². The van der Waals surface area contributed by atoms with Crippen molar-refractivity contribution in [2.24, 2.45) is 4.99 Å². The molecular weight excluding hydrogens is 142 g/mol. The maximum atomic E-state index is 5.53. The molecule has 1 atom stereocenters. The average molecular weight is 149 g/mol. The third-order valence-electron chi connectivity index (χ3n) is 1.50. The summed E-state index contributed by atoms with van der Waals surface area (Å²) in [4.78, 5) is 12.6. The number of fused-ring (bicyclic) bond motifs is 1. The lowest BCUT2D eigenvalue weighted by atomic mass is 10.4. The maximum absolute atomic E-state index is 5.53. The lowest BCUT2D eigenvalue weighted by molar-refractivity contribution is -0.665. The Kier molecular flexibility index (Phi) is 1.13. The van der Waals surface area contributed by atoms with Crippen LogP contribution in [0, 0.1) is 7.05 Å². The summed E-state index contributed by atoms with van der Waals surface area (Å²) < 4.78 is 0. The summed E-state index contributed by atoms with van der Waals surface area (Å²) in [6, 6.07) is 0. The highest BCUT2D eigenvalue weighted by atomic mass is 15.3. The molecule has 2 heterocycles. The van der Waals surface area contributed by atoms with E-state index in [0.29, 0.717) is 11.5 Å². The number of nitrogens with one attached hydrogen (secondary N) is 1. The van der Waals surface area contributed by atoms with Crippen molar-refractivity contribution < 1.29 is 4.90 Å². The fourth-order valence-corrected chi connectivity index (χ4v) is 0.958. The van der Waals surface area contributed by atoms with Crippen LogP contribution in [0.4, 0.5) is 17.3 Å². The molecule has 0 bridgehead atoms. The van der Waals surface area contributed by atoms with Gasteiger partial charge in [0.25, 0.3) is 0 Å². The van der Waals surface area contributed by atoms with Crippen LogP contribution in [-0.2, 0) is 0 Å². The molecule has 5 nitrogen and oxygen atoms in total. The topological polar surface area (TPSA) is 68.6 Å². The second-order valence-corrected chi connectivity index (χ2v) is 2.24. The number of nitrogens with two attached hydrogens (primary N) is 1. The molecule has 0 saturated heterocycles. The summed E-state index contributed by atoms with van der Waals surface area (Å²) in [6.45, 7) is 0. The number of hydrogen-bond donors (Lipinski definition) is 2.